The number of ether oxygens (including phenoxy) is 1. The lowest BCUT2D eigenvalue weighted by atomic mass is 10.0. The van der Waals surface area contributed by atoms with Crippen LogP contribution in [-0.2, 0) is 6.42 Å². The minimum atomic E-state index is 0.159. The van der Waals surface area contributed by atoms with Gasteiger partial charge in [0.2, 0.25) is 5.88 Å². The molecule has 0 radical (unpaired) electrons. The Labute approximate surface area is 97.5 Å². The molecule has 90 valence electrons. The summed E-state index contributed by atoms with van der Waals surface area (Å²) in [6.07, 6.45) is 4.78. The van der Waals surface area contributed by atoms with E-state index < -0.39 is 0 Å². The summed E-state index contributed by atoms with van der Waals surface area (Å²) in [7, 11) is 0. The summed E-state index contributed by atoms with van der Waals surface area (Å²) in [6, 6.07) is 3.96. The Bertz CT molecular complexity index is 284. The molecule has 1 aromatic heterocycles. The van der Waals surface area contributed by atoms with Crippen molar-refractivity contribution in [2.24, 2.45) is 5.92 Å². The first kappa shape index (κ1) is 13.0. The molecule has 0 aliphatic heterocycles. The maximum Gasteiger partial charge on any atom is 0.213 e. The van der Waals surface area contributed by atoms with Crippen molar-refractivity contribution in [2.75, 3.05) is 13.2 Å². The SMILES string of the molecule is CCC(C)Cc1ccc(OCCCO)nc1. The number of rotatable bonds is 7. The third kappa shape index (κ3) is 4.62. The number of aliphatic hydroxyl groups is 1. The molecule has 1 atom stereocenters. The topological polar surface area (TPSA) is 42.4 Å². The van der Waals surface area contributed by atoms with E-state index in [-0.39, 0.29) is 6.61 Å². The van der Waals surface area contributed by atoms with Crippen molar-refractivity contribution in [3.05, 3.63) is 23.9 Å². The van der Waals surface area contributed by atoms with Crippen molar-refractivity contribution in [3.8, 4) is 5.88 Å². The summed E-state index contributed by atoms with van der Waals surface area (Å²) in [4.78, 5) is 4.23. The second-order valence-corrected chi connectivity index (χ2v) is 4.15. The average molecular weight is 223 g/mol. The van der Waals surface area contributed by atoms with Crippen LogP contribution in [0.15, 0.2) is 18.3 Å². The van der Waals surface area contributed by atoms with Gasteiger partial charge in [-0.1, -0.05) is 26.3 Å². The Kier molecular flexibility index (Phi) is 5.86. The predicted molar refractivity (Wildman–Crippen MR) is 64.6 cm³/mol. The molecule has 3 heteroatoms. The van der Waals surface area contributed by atoms with E-state index in [0.717, 1.165) is 6.42 Å². The first-order valence-electron chi connectivity index (χ1n) is 5.94. The zero-order valence-electron chi connectivity index (χ0n) is 10.1. The molecule has 1 heterocycles. The first-order valence-corrected chi connectivity index (χ1v) is 5.94. The number of nitrogens with zero attached hydrogens (tertiary/aromatic N) is 1. The van der Waals surface area contributed by atoms with Crippen LogP contribution in [0, 0.1) is 5.92 Å². The van der Waals surface area contributed by atoms with Crippen LogP contribution in [0.25, 0.3) is 0 Å². The van der Waals surface area contributed by atoms with E-state index in [1.54, 1.807) is 0 Å². The maximum atomic E-state index is 8.61. The fourth-order valence-corrected chi connectivity index (χ4v) is 1.41. The van der Waals surface area contributed by atoms with Crippen LogP contribution < -0.4 is 4.74 Å². The van der Waals surface area contributed by atoms with Crippen molar-refractivity contribution in [2.45, 2.75) is 33.1 Å². The van der Waals surface area contributed by atoms with Gasteiger partial charge in [0.25, 0.3) is 0 Å². The van der Waals surface area contributed by atoms with Crippen LogP contribution >= 0.6 is 0 Å². The quantitative estimate of drug-likeness (QED) is 0.722. The van der Waals surface area contributed by atoms with Gasteiger partial charge < -0.3 is 9.84 Å². The largest absolute Gasteiger partial charge is 0.478 e. The Balaban J connectivity index is 2.41. The summed E-state index contributed by atoms with van der Waals surface area (Å²) in [5.74, 6) is 1.34. The molecule has 0 aliphatic rings. The van der Waals surface area contributed by atoms with E-state index in [4.69, 9.17) is 9.84 Å². The summed E-state index contributed by atoms with van der Waals surface area (Å²) in [5, 5.41) is 8.61. The van der Waals surface area contributed by atoms with Gasteiger partial charge in [-0.25, -0.2) is 4.98 Å². The van der Waals surface area contributed by atoms with Crippen LogP contribution in [0.4, 0.5) is 0 Å². The average Bonchev–Trinajstić information content (AvgIpc) is 2.31. The van der Waals surface area contributed by atoms with E-state index in [1.165, 1.54) is 12.0 Å². The van der Waals surface area contributed by atoms with Crippen LogP contribution in [0.1, 0.15) is 32.3 Å². The number of hydrogen-bond acceptors (Lipinski definition) is 3. The molecule has 0 saturated carbocycles. The summed E-state index contributed by atoms with van der Waals surface area (Å²) in [6.45, 7) is 5.12. The second kappa shape index (κ2) is 7.23. The molecule has 0 amide bonds. The van der Waals surface area contributed by atoms with E-state index in [0.29, 0.717) is 24.8 Å². The van der Waals surface area contributed by atoms with Crippen molar-refractivity contribution >= 4 is 0 Å². The van der Waals surface area contributed by atoms with Gasteiger partial charge in [-0.15, -0.1) is 0 Å². The van der Waals surface area contributed by atoms with Crippen LogP contribution in [-0.4, -0.2) is 23.3 Å². The van der Waals surface area contributed by atoms with Crippen molar-refractivity contribution in [1.82, 2.24) is 4.98 Å². The number of pyridine rings is 1. The van der Waals surface area contributed by atoms with Crippen LogP contribution in [0.5, 0.6) is 5.88 Å². The highest BCUT2D eigenvalue weighted by Crippen LogP contribution is 2.13. The normalized spacial score (nSPS) is 12.4. The van der Waals surface area contributed by atoms with Crippen molar-refractivity contribution in [3.63, 3.8) is 0 Å². The molecule has 0 aliphatic carbocycles. The van der Waals surface area contributed by atoms with E-state index in [9.17, 15) is 0 Å². The minimum absolute atomic E-state index is 0.159. The molecule has 0 fully saturated rings. The van der Waals surface area contributed by atoms with Crippen LogP contribution in [0.2, 0.25) is 0 Å². The predicted octanol–water partition coefficient (Wildman–Crippen LogP) is 2.43. The van der Waals surface area contributed by atoms with Gasteiger partial charge in [0.1, 0.15) is 0 Å². The molecule has 1 rings (SSSR count). The molecule has 3 nitrogen and oxygen atoms in total. The Morgan fingerprint density at radius 2 is 2.25 bits per heavy atom. The molecule has 0 aromatic carbocycles. The van der Waals surface area contributed by atoms with Gasteiger partial charge in [0.15, 0.2) is 0 Å². The standard InChI is InChI=1S/C13H21NO2/c1-3-11(2)9-12-5-6-13(14-10-12)16-8-4-7-15/h5-6,10-11,15H,3-4,7-9H2,1-2H3. The summed E-state index contributed by atoms with van der Waals surface area (Å²) >= 11 is 0. The Morgan fingerprint density at radius 1 is 1.44 bits per heavy atom. The molecule has 1 unspecified atom stereocenters. The molecular weight excluding hydrogens is 202 g/mol. The van der Waals surface area contributed by atoms with Crippen molar-refractivity contribution < 1.29 is 9.84 Å². The zero-order valence-corrected chi connectivity index (χ0v) is 10.1. The third-order valence-electron chi connectivity index (χ3n) is 2.63. The highest BCUT2D eigenvalue weighted by Gasteiger charge is 2.02. The van der Waals surface area contributed by atoms with Crippen LogP contribution in [0.3, 0.4) is 0 Å². The van der Waals surface area contributed by atoms with Gasteiger partial charge >= 0.3 is 0 Å². The van der Waals surface area contributed by atoms with Gasteiger partial charge in [0, 0.05) is 25.3 Å². The maximum absolute atomic E-state index is 8.61. The smallest absolute Gasteiger partial charge is 0.213 e. The fourth-order valence-electron chi connectivity index (χ4n) is 1.41. The lowest BCUT2D eigenvalue weighted by Crippen LogP contribution is -2.02. The molecule has 0 saturated heterocycles. The Morgan fingerprint density at radius 3 is 2.81 bits per heavy atom. The lowest BCUT2D eigenvalue weighted by molar-refractivity contribution is 0.229. The fraction of sp³-hybridized carbons (Fsp3) is 0.615. The number of hydrogen-bond donors (Lipinski definition) is 1. The summed E-state index contributed by atoms with van der Waals surface area (Å²) in [5.41, 5.74) is 1.25. The molecule has 1 N–H and O–H groups in total. The summed E-state index contributed by atoms with van der Waals surface area (Å²) < 4.78 is 5.36. The minimum Gasteiger partial charge on any atom is -0.478 e. The lowest BCUT2D eigenvalue weighted by Gasteiger charge is -2.08. The highest BCUT2D eigenvalue weighted by atomic mass is 16.5. The zero-order chi connectivity index (χ0) is 11.8. The second-order valence-electron chi connectivity index (χ2n) is 4.15. The van der Waals surface area contributed by atoms with Crippen molar-refractivity contribution in [1.29, 1.82) is 0 Å². The van der Waals surface area contributed by atoms with Gasteiger partial charge in [-0.3, -0.25) is 0 Å². The number of aliphatic hydroxyl groups excluding tert-OH is 1. The molecular formula is C13H21NO2. The van der Waals surface area contributed by atoms with E-state index in [1.807, 2.05) is 12.3 Å². The highest BCUT2D eigenvalue weighted by molar-refractivity contribution is 5.18. The molecule has 1 aromatic rings. The first-order chi connectivity index (χ1) is 7.76. The molecule has 0 spiro atoms. The van der Waals surface area contributed by atoms with Gasteiger partial charge in [-0.05, 0) is 17.9 Å². The third-order valence-corrected chi connectivity index (χ3v) is 2.63. The van der Waals surface area contributed by atoms with E-state index >= 15 is 0 Å². The van der Waals surface area contributed by atoms with E-state index in [2.05, 4.69) is 24.9 Å². The van der Waals surface area contributed by atoms with Gasteiger partial charge in [0.05, 0.1) is 6.61 Å². The number of aromatic nitrogens is 1. The molecule has 16 heavy (non-hydrogen) atoms. The molecule has 0 bridgehead atoms. The monoisotopic (exact) mass is 223 g/mol. The Hall–Kier alpha value is -1.09. The van der Waals surface area contributed by atoms with Gasteiger partial charge in [-0.2, -0.15) is 0 Å².